The predicted octanol–water partition coefficient (Wildman–Crippen LogP) is 5.00. The first kappa shape index (κ1) is 15.3. The Hall–Kier alpha value is -1.13. The smallest absolute Gasteiger partial charge is 0.262 e. The molecule has 0 aliphatic heterocycles. The van der Waals surface area contributed by atoms with Crippen molar-refractivity contribution in [1.82, 2.24) is 5.32 Å². The number of carbonyl (C=O) groups excluding carboxylic acids is 1. The number of benzene rings is 1. The maximum Gasteiger partial charge on any atom is 0.262 e. The van der Waals surface area contributed by atoms with Crippen molar-refractivity contribution >= 4 is 38.9 Å². The second-order valence-electron chi connectivity index (χ2n) is 4.70. The molecular formula is C15H17ClFNOS. The van der Waals surface area contributed by atoms with Gasteiger partial charge in [0.05, 0.1) is 5.02 Å². The third kappa shape index (κ3) is 3.49. The van der Waals surface area contributed by atoms with Crippen molar-refractivity contribution in [3.63, 3.8) is 0 Å². The molecule has 0 radical (unpaired) electrons. The molecule has 0 saturated carbocycles. The summed E-state index contributed by atoms with van der Waals surface area (Å²) in [5.74, 6) is -0.491. The van der Waals surface area contributed by atoms with Crippen molar-refractivity contribution in [2.75, 3.05) is 6.54 Å². The van der Waals surface area contributed by atoms with Crippen LogP contribution in [0.4, 0.5) is 4.39 Å². The summed E-state index contributed by atoms with van der Waals surface area (Å²) in [6.45, 7) is 2.80. The molecule has 0 spiro atoms. The quantitative estimate of drug-likeness (QED) is 0.747. The molecule has 1 aromatic heterocycles. The molecule has 0 atom stereocenters. The Morgan fingerprint density at radius 2 is 2.15 bits per heavy atom. The molecule has 0 aliphatic carbocycles. The van der Waals surface area contributed by atoms with E-state index in [1.807, 2.05) is 0 Å². The van der Waals surface area contributed by atoms with Crippen LogP contribution >= 0.6 is 22.9 Å². The van der Waals surface area contributed by atoms with E-state index in [0.717, 1.165) is 18.2 Å². The number of unbranched alkanes of at least 4 members (excludes halogenated alkanes) is 3. The van der Waals surface area contributed by atoms with Crippen LogP contribution in [0.2, 0.25) is 5.02 Å². The minimum absolute atomic E-state index is 0.173. The van der Waals surface area contributed by atoms with Crippen LogP contribution in [0, 0.1) is 5.82 Å². The summed E-state index contributed by atoms with van der Waals surface area (Å²) in [6.07, 6.45) is 4.43. The van der Waals surface area contributed by atoms with Crippen LogP contribution in [-0.4, -0.2) is 12.5 Å². The molecule has 0 unspecified atom stereocenters. The van der Waals surface area contributed by atoms with Crippen molar-refractivity contribution in [1.29, 1.82) is 0 Å². The molecule has 5 heteroatoms. The Balaban J connectivity index is 2.04. The summed E-state index contributed by atoms with van der Waals surface area (Å²) in [4.78, 5) is 12.5. The summed E-state index contributed by atoms with van der Waals surface area (Å²) >= 11 is 7.42. The highest BCUT2D eigenvalue weighted by molar-refractivity contribution is 7.21. The van der Waals surface area contributed by atoms with Gasteiger partial charge in [-0.25, -0.2) is 4.39 Å². The van der Waals surface area contributed by atoms with Gasteiger partial charge in [0.1, 0.15) is 10.7 Å². The lowest BCUT2D eigenvalue weighted by Gasteiger charge is -2.03. The Morgan fingerprint density at radius 1 is 1.35 bits per heavy atom. The summed E-state index contributed by atoms with van der Waals surface area (Å²) < 4.78 is 13.9. The zero-order valence-corrected chi connectivity index (χ0v) is 12.9. The van der Waals surface area contributed by atoms with Crippen LogP contribution in [-0.2, 0) is 0 Å². The molecule has 1 N–H and O–H groups in total. The Morgan fingerprint density at radius 3 is 2.90 bits per heavy atom. The van der Waals surface area contributed by atoms with E-state index in [0.29, 0.717) is 21.1 Å². The number of nitrogens with one attached hydrogen (secondary N) is 1. The number of fused-ring (bicyclic) bond motifs is 1. The maximum atomic E-state index is 13.2. The second-order valence-corrected chi connectivity index (χ2v) is 6.13. The fraction of sp³-hybridized carbons (Fsp3) is 0.400. The minimum Gasteiger partial charge on any atom is -0.351 e. The van der Waals surface area contributed by atoms with E-state index < -0.39 is 0 Å². The highest BCUT2D eigenvalue weighted by Crippen LogP contribution is 2.35. The Labute approximate surface area is 126 Å². The number of rotatable bonds is 6. The second kappa shape index (κ2) is 7.04. The van der Waals surface area contributed by atoms with Crippen molar-refractivity contribution < 1.29 is 9.18 Å². The summed E-state index contributed by atoms with van der Waals surface area (Å²) in [5.41, 5.74) is 0. The SMILES string of the molecule is CCCCCCNC(=O)c1sc2cc(F)ccc2c1Cl. The highest BCUT2D eigenvalue weighted by atomic mass is 35.5. The normalized spacial score (nSPS) is 10.9. The van der Waals surface area contributed by atoms with Crippen molar-refractivity contribution in [3.05, 3.63) is 33.9 Å². The van der Waals surface area contributed by atoms with Crippen molar-refractivity contribution in [2.45, 2.75) is 32.6 Å². The van der Waals surface area contributed by atoms with Crippen molar-refractivity contribution in [3.8, 4) is 0 Å². The van der Waals surface area contributed by atoms with Gasteiger partial charge in [0.15, 0.2) is 0 Å². The number of thiophene rings is 1. The van der Waals surface area contributed by atoms with Crippen LogP contribution in [0.25, 0.3) is 10.1 Å². The number of amides is 1. The minimum atomic E-state index is -0.318. The lowest BCUT2D eigenvalue weighted by Crippen LogP contribution is -2.23. The van der Waals surface area contributed by atoms with E-state index in [2.05, 4.69) is 12.2 Å². The van der Waals surface area contributed by atoms with Crippen LogP contribution in [0.15, 0.2) is 18.2 Å². The van der Waals surface area contributed by atoms with Gasteiger partial charge < -0.3 is 5.32 Å². The first-order valence-electron chi connectivity index (χ1n) is 6.79. The summed E-state index contributed by atoms with van der Waals surface area (Å²) in [7, 11) is 0. The van der Waals surface area contributed by atoms with Gasteiger partial charge in [0.25, 0.3) is 5.91 Å². The maximum absolute atomic E-state index is 13.2. The number of halogens is 2. The molecule has 0 saturated heterocycles. The standard InChI is InChI=1S/C15H17ClFNOS/c1-2-3-4-5-8-18-15(19)14-13(16)11-7-6-10(17)9-12(11)20-14/h6-7,9H,2-5,8H2,1H3,(H,18,19). The molecule has 20 heavy (non-hydrogen) atoms. The van der Waals surface area contributed by atoms with Crippen molar-refractivity contribution in [2.24, 2.45) is 0 Å². The Bertz CT molecular complexity index is 611. The van der Waals surface area contributed by atoms with Crippen LogP contribution in [0.5, 0.6) is 0 Å². The molecular weight excluding hydrogens is 297 g/mol. The summed E-state index contributed by atoms with van der Waals surface area (Å²) in [5, 5.41) is 4.01. The van der Waals surface area contributed by atoms with Gasteiger partial charge in [0, 0.05) is 16.6 Å². The monoisotopic (exact) mass is 313 g/mol. The van der Waals surface area contributed by atoms with E-state index in [1.165, 1.54) is 36.3 Å². The van der Waals surface area contributed by atoms with E-state index in [4.69, 9.17) is 11.6 Å². The fourth-order valence-electron chi connectivity index (χ4n) is 2.02. The third-order valence-corrected chi connectivity index (χ3v) is 4.77. The zero-order chi connectivity index (χ0) is 14.5. The molecule has 1 amide bonds. The van der Waals surface area contributed by atoms with Gasteiger partial charge in [-0.2, -0.15) is 0 Å². The van der Waals surface area contributed by atoms with E-state index in [9.17, 15) is 9.18 Å². The third-order valence-electron chi connectivity index (χ3n) is 3.11. The Kier molecular flexibility index (Phi) is 5.38. The average molecular weight is 314 g/mol. The predicted molar refractivity (Wildman–Crippen MR) is 83.3 cm³/mol. The highest BCUT2D eigenvalue weighted by Gasteiger charge is 2.16. The topological polar surface area (TPSA) is 29.1 Å². The largest absolute Gasteiger partial charge is 0.351 e. The van der Waals surface area contributed by atoms with Gasteiger partial charge in [-0.15, -0.1) is 11.3 Å². The average Bonchev–Trinajstić information content (AvgIpc) is 2.75. The molecule has 108 valence electrons. The molecule has 1 aromatic carbocycles. The van der Waals surface area contributed by atoms with Gasteiger partial charge in [-0.3, -0.25) is 4.79 Å². The zero-order valence-electron chi connectivity index (χ0n) is 11.3. The number of carbonyl (C=O) groups is 1. The molecule has 0 fully saturated rings. The molecule has 2 rings (SSSR count). The van der Waals surface area contributed by atoms with Crippen LogP contribution in [0.1, 0.15) is 42.3 Å². The van der Waals surface area contributed by atoms with Gasteiger partial charge >= 0.3 is 0 Å². The van der Waals surface area contributed by atoms with Gasteiger partial charge in [-0.1, -0.05) is 37.8 Å². The molecule has 0 aliphatic rings. The van der Waals surface area contributed by atoms with E-state index >= 15 is 0 Å². The molecule has 0 bridgehead atoms. The lowest BCUT2D eigenvalue weighted by molar-refractivity contribution is 0.0957. The first-order chi connectivity index (χ1) is 9.63. The molecule has 1 heterocycles. The number of hydrogen-bond acceptors (Lipinski definition) is 2. The van der Waals surface area contributed by atoms with Crippen LogP contribution < -0.4 is 5.32 Å². The van der Waals surface area contributed by atoms with Gasteiger partial charge in [0.2, 0.25) is 0 Å². The fourth-order valence-corrected chi connectivity index (χ4v) is 3.48. The molecule has 2 nitrogen and oxygen atoms in total. The molecule has 2 aromatic rings. The number of hydrogen-bond donors (Lipinski definition) is 1. The first-order valence-corrected chi connectivity index (χ1v) is 7.98. The van der Waals surface area contributed by atoms with Crippen LogP contribution in [0.3, 0.4) is 0 Å². The summed E-state index contributed by atoms with van der Waals surface area (Å²) in [6, 6.07) is 4.37. The lowest BCUT2D eigenvalue weighted by atomic mass is 10.2. The van der Waals surface area contributed by atoms with E-state index in [-0.39, 0.29) is 11.7 Å². The van der Waals surface area contributed by atoms with Gasteiger partial charge in [-0.05, 0) is 24.6 Å². The van der Waals surface area contributed by atoms with E-state index in [1.54, 1.807) is 6.07 Å².